The molecule has 0 unspecified atom stereocenters. The first-order chi connectivity index (χ1) is 25.1. The maximum absolute atomic E-state index is 14.9. The highest BCUT2D eigenvalue weighted by molar-refractivity contribution is 7.19. The Morgan fingerprint density at radius 3 is 0.804 bits per heavy atom. The van der Waals surface area contributed by atoms with E-state index in [-0.39, 0.29) is 11.6 Å². The number of hydrogen-bond acceptors (Lipinski definition) is 0. The first-order valence-electron chi connectivity index (χ1n) is 17.1. The minimum Gasteiger partial charge on any atom is -0.206 e. The Balaban J connectivity index is 1.36. The van der Waals surface area contributed by atoms with Crippen LogP contribution in [0.5, 0.6) is 0 Å². The maximum Gasteiger partial charge on any atom is 0.179 e. The van der Waals surface area contributed by atoms with E-state index in [2.05, 4.69) is 121 Å². The van der Waals surface area contributed by atoms with Gasteiger partial charge < -0.3 is 0 Å². The van der Waals surface area contributed by atoms with Crippen molar-refractivity contribution in [1.29, 1.82) is 0 Å². The predicted octanol–water partition coefficient (Wildman–Crippen LogP) is 10.0. The van der Waals surface area contributed by atoms with Gasteiger partial charge in [-0.25, -0.2) is 8.78 Å². The molecule has 0 N–H and O–H groups in total. The average molecular weight is 677 g/mol. The van der Waals surface area contributed by atoms with Gasteiger partial charge in [0.1, 0.15) is 11.6 Å². The molecule has 51 heavy (non-hydrogen) atoms. The second-order valence-corrected chi connectivity index (χ2v) is 16.6. The Bertz CT molecular complexity index is 2210. The van der Waals surface area contributed by atoms with E-state index in [0.29, 0.717) is 11.1 Å². The molecular formula is C48H34F2Si. The molecule has 0 radical (unpaired) electrons. The van der Waals surface area contributed by atoms with Crippen LogP contribution >= 0.6 is 0 Å². The van der Waals surface area contributed by atoms with E-state index >= 15 is 0 Å². The molecule has 0 atom stereocenters. The van der Waals surface area contributed by atoms with Gasteiger partial charge in [-0.15, -0.1) is 0 Å². The highest BCUT2D eigenvalue weighted by atomic mass is 28.3. The summed E-state index contributed by atoms with van der Waals surface area (Å²) < 4.78 is 29.9. The quantitative estimate of drug-likeness (QED) is 0.111. The van der Waals surface area contributed by atoms with E-state index in [4.69, 9.17) is 0 Å². The monoisotopic (exact) mass is 676 g/mol. The number of benzene rings is 8. The summed E-state index contributed by atoms with van der Waals surface area (Å²) in [5, 5.41) is 4.76. The first kappa shape index (κ1) is 32.1. The van der Waals surface area contributed by atoms with E-state index in [1.807, 2.05) is 60.7 Å². The molecule has 0 nitrogen and oxygen atoms in total. The van der Waals surface area contributed by atoms with Crippen LogP contribution in [0.15, 0.2) is 206 Å². The van der Waals surface area contributed by atoms with Crippen molar-refractivity contribution in [1.82, 2.24) is 0 Å². The Morgan fingerprint density at radius 2 is 0.490 bits per heavy atom. The molecule has 3 heteroatoms. The van der Waals surface area contributed by atoms with Crippen molar-refractivity contribution < 1.29 is 8.78 Å². The summed E-state index contributed by atoms with van der Waals surface area (Å²) in [6.07, 6.45) is 0. The Kier molecular flexibility index (Phi) is 8.79. The van der Waals surface area contributed by atoms with Crippen molar-refractivity contribution in [2.75, 3.05) is 0 Å². The summed E-state index contributed by atoms with van der Waals surface area (Å²) in [7, 11) is -3.01. The molecule has 0 aliphatic rings. The van der Waals surface area contributed by atoms with Gasteiger partial charge >= 0.3 is 0 Å². The molecule has 0 aromatic heterocycles. The zero-order chi connectivity index (χ0) is 34.6. The van der Waals surface area contributed by atoms with Gasteiger partial charge in [-0.2, -0.15) is 0 Å². The van der Waals surface area contributed by atoms with E-state index in [1.165, 1.54) is 32.9 Å². The Labute approximate surface area is 299 Å². The van der Waals surface area contributed by atoms with Gasteiger partial charge in [0.25, 0.3) is 0 Å². The van der Waals surface area contributed by atoms with Crippen molar-refractivity contribution in [2.24, 2.45) is 0 Å². The zero-order valence-electron chi connectivity index (χ0n) is 27.9. The number of rotatable bonds is 8. The summed E-state index contributed by atoms with van der Waals surface area (Å²) in [6.45, 7) is 0. The second-order valence-electron chi connectivity index (χ2n) is 12.8. The lowest BCUT2D eigenvalue weighted by atomic mass is 10.1. The summed E-state index contributed by atoms with van der Waals surface area (Å²) in [5.74, 6) is -0.490. The van der Waals surface area contributed by atoms with Crippen LogP contribution < -0.4 is 20.7 Å². The van der Waals surface area contributed by atoms with Gasteiger partial charge in [-0.1, -0.05) is 194 Å². The van der Waals surface area contributed by atoms with Gasteiger partial charge in [0.2, 0.25) is 0 Å². The molecule has 0 spiro atoms. The summed E-state index contributed by atoms with van der Waals surface area (Å²) >= 11 is 0. The van der Waals surface area contributed by atoms with Crippen LogP contribution in [0, 0.1) is 11.6 Å². The van der Waals surface area contributed by atoms with E-state index in [1.54, 1.807) is 12.1 Å². The third-order valence-corrected chi connectivity index (χ3v) is 14.7. The first-order valence-corrected chi connectivity index (χ1v) is 19.1. The molecule has 0 fully saturated rings. The fraction of sp³-hybridized carbons (Fsp3) is 0. The molecule has 0 heterocycles. The Morgan fingerprint density at radius 1 is 0.235 bits per heavy atom. The minimum absolute atomic E-state index is 0.245. The van der Waals surface area contributed by atoms with Crippen molar-refractivity contribution in [3.05, 3.63) is 218 Å². The van der Waals surface area contributed by atoms with Gasteiger partial charge in [0.05, 0.1) is 0 Å². The van der Waals surface area contributed by atoms with Crippen molar-refractivity contribution in [3.63, 3.8) is 0 Å². The van der Waals surface area contributed by atoms with E-state index in [9.17, 15) is 8.78 Å². The topological polar surface area (TPSA) is 0 Å². The van der Waals surface area contributed by atoms with Crippen molar-refractivity contribution in [3.8, 4) is 44.5 Å². The third-order valence-electron chi connectivity index (χ3n) is 9.86. The summed E-state index contributed by atoms with van der Waals surface area (Å²) in [5.41, 5.74) is 7.41. The molecule has 0 aliphatic heterocycles. The lowest BCUT2D eigenvalue weighted by Crippen LogP contribution is -2.74. The number of hydrogen-bond donors (Lipinski definition) is 0. The summed E-state index contributed by atoms with van der Waals surface area (Å²) in [6, 6.07) is 69.5. The fourth-order valence-corrected chi connectivity index (χ4v) is 11.9. The minimum atomic E-state index is -3.01. The maximum atomic E-state index is 14.9. The van der Waals surface area contributed by atoms with Crippen LogP contribution in [0.3, 0.4) is 0 Å². The lowest BCUT2D eigenvalue weighted by molar-refractivity contribution is 0.631. The summed E-state index contributed by atoms with van der Waals surface area (Å²) in [4.78, 5) is 0. The Hall–Kier alpha value is -6.16. The van der Waals surface area contributed by atoms with Gasteiger partial charge in [-0.05, 0) is 66.3 Å². The van der Waals surface area contributed by atoms with E-state index in [0.717, 1.165) is 33.4 Å². The van der Waals surface area contributed by atoms with Crippen LogP contribution in [-0.2, 0) is 0 Å². The van der Waals surface area contributed by atoms with Crippen LogP contribution in [0.4, 0.5) is 8.78 Å². The second kappa shape index (κ2) is 14.0. The third kappa shape index (κ3) is 6.13. The molecule has 8 aromatic rings. The van der Waals surface area contributed by atoms with Gasteiger partial charge in [-0.3, -0.25) is 0 Å². The SMILES string of the molecule is Fc1ccccc1-c1ccc([Si](c2ccc(-c3ccccc3)cc2)(c2ccc(-c3ccccc3)cc2)c2ccc(-c3ccccc3F)cc2)cc1. The molecule has 0 bridgehead atoms. The van der Waals surface area contributed by atoms with Crippen molar-refractivity contribution >= 4 is 28.8 Å². The lowest BCUT2D eigenvalue weighted by Gasteiger charge is -2.35. The molecule has 244 valence electrons. The molecule has 0 amide bonds. The number of halogens is 2. The van der Waals surface area contributed by atoms with Gasteiger partial charge in [0, 0.05) is 11.1 Å². The van der Waals surface area contributed by atoms with Crippen molar-refractivity contribution in [2.45, 2.75) is 0 Å². The standard InChI is InChI=1S/C48H34F2Si/c49-47-17-9-7-15-45(47)39-23-31-43(32-24-39)51(41-27-19-37(20-28-41)35-11-3-1-4-12-35,42-29-21-38(22-30-42)36-13-5-2-6-14-36)44-33-25-40(26-34-44)46-16-8-10-18-48(46)50/h1-34H. The molecular weight excluding hydrogens is 643 g/mol. The smallest absolute Gasteiger partial charge is 0.179 e. The van der Waals surface area contributed by atoms with E-state index < -0.39 is 8.07 Å². The molecule has 8 aromatic carbocycles. The highest BCUT2D eigenvalue weighted by Gasteiger charge is 2.41. The van der Waals surface area contributed by atoms with Crippen LogP contribution in [0.1, 0.15) is 0 Å². The van der Waals surface area contributed by atoms with Crippen LogP contribution in [-0.4, -0.2) is 8.07 Å². The van der Waals surface area contributed by atoms with Gasteiger partial charge in [0.15, 0.2) is 8.07 Å². The average Bonchev–Trinajstić information content (AvgIpc) is 3.20. The zero-order valence-corrected chi connectivity index (χ0v) is 28.9. The van der Waals surface area contributed by atoms with Crippen LogP contribution in [0.25, 0.3) is 44.5 Å². The van der Waals surface area contributed by atoms with Crippen LogP contribution in [0.2, 0.25) is 0 Å². The molecule has 0 saturated carbocycles. The fourth-order valence-electron chi connectivity index (χ4n) is 7.28. The normalized spacial score (nSPS) is 11.3. The largest absolute Gasteiger partial charge is 0.206 e. The highest BCUT2D eigenvalue weighted by Crippen LogP contribution is 2.26. The molecule has 8 rings (SSSR count). The molecule has 0 aliphatic carbocycles. The predicted molar refractivity (Wildman–Crippen MR) is 212 cm³/mol. The molecule has 0 saturated heterocycles.